The zero-order valence-corrected chi connectivity index (χ0v) is 15.3. The molecule has 0 atom stereocenters. The third-order valence-electron chi connectivity index (χ3n) is 3.81. The molecule has 5 heteroatoms. The molecule has 3 aromatic carbocycles. The predicted molar refractivity (Wildman–Crippen MR) is 103 cm³/mol. The fourth-order valence-electron chi connectivity index (χ4n) is 2.54. The molecule has 130 valence electrons. The third-order valence-corrected chi connectivity index (χ3v) is 4.31. The maximum Gasteiger partial charge on any atom is 0.228 e. The van der Waals surface area contributed by atoms with Crippen LogP contribution in [-0.2, 0) is 11.2 Å². The summed E-state index contributed by atoms with van der Waals surface area (Å²) in [5, 5.41) is 2.78. The van der Waals surface area contributed by atoms with Gasteiger partial charge in [-0.05, 0) is 35.9 Å². The summed E-state index contributed by atoms with van der Waals surface area (Å²) in [6.07, 6.45) is 0.0926. The molecule has 0 radical (unpaired) electrons. The molecule has 0 aromatic heterocycles. The number of hydrogen-bond acceptors (Lipinski definition) is 2. The Morgan fingerprint density at radius 2 is 1.62 bits per heavy atom. The van der Waals surface area contributed by atoms with Gasteiger partial charge in [0.15, 0.2) is 5.78 Å². The lowest BCUT2D eigenvalue weighted by atomic mass is 10.0. The number of rotatable bonds is 5. The van der Waals surface area contributed by atoms with Crippen LogP contribution in [0.3, 0.4) is 0 Å². The zero-order valence-electron chi connectivity index (χ0n) is 13.7. The lowest BCUT2D eigenvalue weighted by Gasteiger charge is -2.11. The summed E-state index contributed by atoms with van der Waals surface area (Å²) < 4.78 is 13.7. The number of amides is 1. The third kappa shape index (κ3) is 4.43. The first-order valence-corrected chi connectivity index (χ1v) is 8.76. The van der Waals surface area contributed by atoms with Crippen LogP contribution in [0.4, 0.5) is 10.1 Å². The lowest BCUT2D eigenvalue weighted by molar-refractivity contribution is -0.115. The van der Waals surface area contributed by atoms with Crippen LogP contribution in [-0.4, -0.2) is 11.7 Å². The molecule has 0 saturated carbocycles. The minimum Gasteiger partial charge on any atom is -0.325 e. The highest BCUT2D eigenvalue weighted by atomic mass is 79.9. The van der Waals surface area contributed by atoms with Gasteiger partial charge >= 0.3 is 0 Å². The van der Waals surface area contributed by atoms with Gasteiger partial charge in [0.05, 0.1) is 12.1 Å². The molecule has 0 bridgehead atoms. The molecular formula is C21H15BrFNO2. The van der Waals surface area contributed by atoms with Crippen molar-refractivity contribution in [3.8, 4) is 0 Å². The van der Waals surface area contributed by atoms with Crippen LogP contribution in [0.5, 0.6) is 0 Å². The van der Waals surface area contributed by atoms with Crippen LogP contribution in [0.1, 0.15) is 21.5 Å². The monoisotopic (exact) mass is 411 g/mol. The van der Waals surface area contributed by atoms with Crippen molar-refractivity contribution in [1.82, 2.24) is 0 Å². The molecule has 3 aromatic rings. The van der Waals surface area contributed by atoms with E-state index in [1.165, 1.54) is 12.1 Å². The predicted octanol–water partition coefficient (Wildman–Crippen LogP) is 5.00. The molecule has 0 aliphatic rings. The van der Waals surface area contributed by atoms with Crippen molar-refractivity contribution >= 4 is 33.3 Å². The Kier molecular flexibility index (Phi) is 5.58. The number of halogens is 2. The molecule has 1 N–H and O–H groups in total. The highest BCUT2D eigenvalue weighted by molar-refractivity contribution is 9.10. The van der Waals surface area contributed by atoms with Gasteiger partial charge in [0.25, 0.3) is 0 Å². The Labute approximate surface area is 159 Å². The van der Waals surface area contributed by atoms with E-state index in [0.29, 0.717) is 22.4 Å². The number of anilines is 1. The maximum atomic E-state index is 13.0. The van der Waals surface area contributed by atoms with Gasteiger partial charge in [-0.15, -0.1) is 0 Å². The van der Waals surface area contributed by atoms with Gasteiger partial charge in [-0.1, -0.05) is 58.4 Å². The summed E-state index contributed by atoms with van der Waals surface area (Å²) >= 11 is 3.36. The van der Waals surface area contributed by atoms with E-state index < -0.39 is 0 Å². The first-order valence-electron chi connectivity index (χ1n) is 7.96. The Morgan fingerprint density at radius 3 is 2.31 bits per heavy atom. The van der Waals surface area contributed by atoms with Crippen LogP contribution >= 0.6 is 15.9 Å². The fraction of sp³-hybridized carbons (Fsp3) is 0.0476. The van der Waals surface area contributed by atoms with E-state index in [0.717, 1.165) is 4.47 Å². The number of carbonyl (C=O) groups is 2. The van der Waals surface area contributed by atoms with Crippen LogP contribution in [0, 0.1) is 5.82 Å². The van der Waals surface area contributed by atoms with Gasteiger partial charge in [-0.3, -0.25) is 9.59 Å². The smallest absolute Gasteiger partial charge is 0.228 e. The second kappa shape index (κ2) is 8.06. The van der Waals surface area contributed by atoms with E-state index in [1.807, 2.05) is 6.07 Å². The van der Waals surface area contributed by atoms with Crippen LogP contribution < -0.4 is 5.32 Å². The average molecular weight is 412 g/mol. The summed E-state index contributed by atoms with van der Waals surface area (Å²) in [5.41, 5.74) is 2.07. The minimum absolute atomic E-state index is 0.0926. The molecule has 1 amide bonds. The van der Waals surface area contributed by atoms with Crippen molar-refractivity contribution < 1.29 is 14.0 Å². The quantitative estimate of drug-likeness (QED) is 0.600. The van der Waals surface area contributed by atoms with Gasteiger partial charge in [0.2, 0.25) is 5.91 Å². The van der Waals surface area contributed by atoms with E-state index in [1.54, 1.807) is 54.6 Å². The van der Waals surface area contributed by atoms with Crippen LogP contribution in [0.15, 0.2) is 77.3 Å². The normalized spacial score (nSPS) is 10.4. The van der Waals surface area contributed by atoms with Crippen LogP contribution in [0.2, 0.25) is 0 Å². The van der Waals surface area contributed by atoms with Crippen molar-refractivity contribution in [3.63, 3.8) is 0 Å². The highest BCUT2D eigenvalue weighted by Gasteiger charge is 2.16. The molecule has 0 spiro atoms. The number of hydrogen-bond donors (Lipinski definition) is 1. The molecule has 3 nitrogen and oxygen atoms in total. The van der Waals surface area contributed by atoms with Crippen molar-refractivity contribution in [3.05, 3.63) is 99.8 Å². The molecule has 26 heavy (non-hydrogen) atoms. The highest BCUT2D eigenvalue weighted by Crippen LogP contribution is 2.24. The van der Waals surface area contributed by atoms with Gasteiger partial charge < -0.3 is 5.32 Å². The average Bonchev–Trinajstić information content (AvgIpc) is 2.65. The maximum absolute atomic E-state index is 13.0. The first kappa shape index (κ1) is 18.0. The molecule has 0 aliphatic carbocycles. The molecular weight excluding hydrogens is 397 g/mol. The Morgan fingerprint density at radius 1 is 0.923 bits per heavy atom. The Hall–Kier alpha value is -2.79. The molecule has 0 aliphatic heterocycles. The van der Waals surface area contributed by atoms with Crippen molar-refractivity contribution in [1.29, 1.82) is 0 Å². The lowest BCUT2D eigenvalue weighted by Crippen LogP contribution is -2.17. The number of carbonyl (C=O) groups excluding carboxylic acids is 2. The molecule has 0 fully saturated rings. The van der Waals surface area contributed by atoms with Gasteiger partial charge in [0.1, 0.15) is 5.82 Å². The summed E-state index contributed by atoms with van der Waals surface area (Å²) in [5.74, 6) is -0.803. The number of ketones is 1. The Balaban J connectivity index is 1.82. The topological polar surface area (TPSA) is 46.2 Å². The fourth-order valence-corrected chi connectivity index (χ4v) is 2.90. The van der Waals surface area contributed by atoms with Crippen molar-refractivity contribution in [2.75, 3.05) is 5.32 Å². The number of benzene rings is 3. The SMILES string of the molecule is O=C(Cc1ccc(F)cc1)Nc1ccc(Br)cc1C(=O)c1ccccc1. The van der Waals surface area contributed by atoms with Crippen LogP contribution in [0.25, 0.3) is 0 Å². The molecule has 0 saturated heterocycles. The minimum atomic E-state index is -0.349. The summed E-state index contributed by atoms with van der Waals surface area (Å²) in [7, 11) is 0. The summed E-state index contributed by atoms with van der Waals surface area (Å²) in [4.78, 5) is 25.1. The molecule has 3 rings (SSSR count). The summed E-state index contributed by atoms with van der Waals surface area (Å²) in [6.45, 7) is 0. The largest absolute Gasteiger partial charge is 0.325 e. The second-order valence-electron chi connectivity index (χ2n) is 5.74. The van der Waals surface area contributed by atoms with E-state index in [9.17, 15) is 14.0 Å². The molecule has 0 heterocycles. The van der Waals surface area contributed by atoms with Crippen molar-refractivity contribution in [2.45, 2.75) is 6.42 Å². The Bertz CT molecular complexity index is 940. The van der Waals surface area contributed by atoms with Gasteiger partial charge in [-0.25, -0.2) is 4.39 Å². The van der Waals surface area contributed by atoms with E-state index in [-0.39, 0.29) is 23.9 Å². The van der Waals surface area contributed by atoms with E-state index in [2.05, 4.69) is 21.2 Å². The van der Waals surface area contributed by atoms with Crippen molar-refractivity contribution in [2.24, 2.45) is 0 Å². The molecule has 0 unspecified atom stereocenters. The van der Waals surface area contributed by atoms with Gasteiger partial charge in [-0.2, -0.15) is 0 Å². The zero-order chi connectivity index (χ0) is 18.5. The summed E-state index contributed by atoms with van der Waals surface area (Å²) in [6, 6.07) is 19.7. The number of nitrogens with one attached hydrogen (secondary N) is 1. The first-order chi connectivity index (χ1) is 12.5. The van der Waals surface area contributed by atoms with E-state index in [4.69, 9.17) is 0 Å². The van der Waals surface area contributed by atoms with Gasteiger partial charge in [0, 0.05) is 15.6 Å². The van der Waals surface area contributed by atoms with E-state index >= 15 is 0 Å². The second-order valence-corrected chi connectivity index (χ2v) is 6.65. The standard InChI is InChI=1S/C21H15BrFNO2/c22-16-8-11-19(18(13-16)21(26)15-4-2-1-3-5-15)24-20(25)12-14-6-9-17(23)10-7-14/h1-11,13H,12H2,(H,24,25).